The average Bonchev–Trinajstić information content (AvgIpc) is 3.17. The molecule has 1 aliphatic rings. The van der Waals surface area contributed by atoms with Crippen molar-refractivity contribution in [2.75, 3.05) is 24.7 Å². The molecule has 0 bridgehead atoms. The summed E-state index contributed by atoms with van der Waals surface area (Å²) in [5.74, 6) is -0.691. The minimum Gasteiger partial charge on any atom is -0.365 e. The van der Waals surface area contributed by atoms with Gasteiger partial charge in [-0.15, -0.1) is 0 Å². The van der Waals surface area contributed by atoms with Gasteiger partial charge in [-0.05, 0) is 82.6 Å². The number of anilines is 3. The molecule has 0 unspecified atom stereocenters. The Labute approximate surface area is 220 Å². The van der Waals surface area contributed by atoms with Crippen molar-refractivity contribution < 1.29 is 9.18 Å². The number of nitrogens with zero attached hydrogens (tertiary/aromatic N) is 7. The predicted octanol–water partition coefficient (Wildman–Crippen LogP) is 2.37. The summed E-state index contributed by atoms with van der Waals surface area (Å²) in [6, 6.07) is 3.25. The van der Waals surface area contributed by atoms with Crippen molar-refractivity contribution in [1.29, 1.82) is 0 Å². The van der Waals surface area contributed by atoms with Gasteiger partial charge in [0, 0.05) is 42.5 Å². The Morgan fingerprint density at radius 2 is 1.76 bits per heavy atom. The van der Waals surface area contributed by atoms with Gasteiger partial charge in [0.15, 0.2) is 11.6 Å². The minimum atomic E-state index is -0.563. The number of halogens is 1. The molecule has 204 valence electrons. The van der Waals surface area contributed by atoms with Gasteiger partial charge in [-0.1, -0.05) is 0 Å². The van der Waals surface area contributed by atoms with Crippen LogP contribution in [0.25, 0.3) is 5.69 Å². The van der Waals surface area contributed by atoms with E-state index in [1.54, 1.807) is 19.1 Å². The number of carbonyl (C=O) groups excluding carboxylic acids is 1. The summed E-state index contributed by atoms with van der Waals surface area (Å²) in [7, 11) is 5.11. The fourth-order valence-electron chi connectivity index (χ4n) is 5.15. The Kier molecular flexibility index (Phi) is 6.99. The molecule has 0 aliphatic carbocycles. The third-order valence-electron chi connectivity index (χ3n) is 7.45. The number of benzene rings is 1. The van der Waals surface area contributed by atoms with Crippen LogP contribution >= 0.6 is 0 Å². The van der Waals surface area contributed by atoms with Crippen molar-refractivity contribution in [3.8, 4) is 5.69 Å². The summed E-state index contributed by atoms with van der Waals surface area (Å²) in [6.07, 6.45) is 2.72. The molecule has 0 atom stereocenters. The van der Waals surface area contributed by atoms with E-state index in [0.717, 1.165) is 28.4 Å². The molecule has 1 amide bonds. The summed E-state index contributed by atoms with van der Waals surface area (Å²) < 4.78 is 17.0. The monoisotopic (exact) mass is 526 g/mol. The van der Waals surface area contributed by atoms with Crippen LogP contribution in [0.5, 0.6) is 0 Å². The highest BCUT2D eigenvalue weighted by Crippen LogP contribution is 2.38. The predicted molar refractivity (Wildman–Crippen MR) is 143 cm³/mol. The summed E-state index contributed by atoms with van der Waals surface area (Å²) in [6.45, 7) is 10.4. The summed E-state index contributed by atoms with van der Waals surface area (Å²) in [4.78, 5) is 36.0. The van der Waals surface area contributed by atoms with E-state index >= 15 is 0 Å². The first-order chi connectivity index (χ1) is 17.7. The second-order valence-corrected chi connectivity index (χ2v) is 11.0. The first kappa shape index (κ1) is 27.2. The van der Waals surface area contributed by atoms with Gasteiger partial charge in [-0.2, -0.15) is 14.3 Å². The smallest absolute Gasteiger partial charge is 0.365 e. The third-order valence-corrected chi connectivity index (χ3v) is 7.45. The van der Waals surface area contributed by atoms with Crippen molar-refractivity contribution in [3.05, 3.63) is 45.8 Å². The van der Waals surface area contributed by atoms with E-state index in [9.17, 15) is 14.0 Å². The van der Waals surface area contributed by atoms with Gasteiger partial charge in [0.25, 0.3) is 5.91 Å². The number of piperidine rings is 1. The molecule has 12 nitrogen and oxygen atoms in total. The first-order valence-electron chi connectivity index (χ1n) is 12.4. The van der Waals surface area contributed by atoms with Crippen molar-refractivity contribution in [2.45, 2.75) is 64.6 Å². The fourth-order valence-corrected chi connectivity index (χ4v) is 5.15. The lowest BCUT2D eigenvalue weighted by Crippen LogP contribution is -2.61. The van der Waals surface area contributed by atoms with Crippen LogP contribution < -0.4 is 21.6 Å². The van der Waals surface area contributed by atoms with E-state index < -0.39 is 11.5 Å². The molecule has 38 heavy (non-hydrogen) atoms. The number of tetrazole rings is 1. The molecule has 3 N–H and O–H groups in total. The number of hydrogen-bond acceptors (Lipinski definition) is 9. The lowest BCUT2D eigenvalue weighted by molar-refractivity contribution is -0.00778. The lowest BCUT2D eigenvalue weighted by Gasteiger charge is -2.53. The van der Waals surface area contributed by atoms with Crippen LogP contribution in [-0.4, -0.2) is 71.8 Å². The molecule has 0 saturated carbocycles. The first-order valence-corrected chi connectivity index (χ1v) is 12.4. The Balaban J connectivity index is 1.67. The van der Waals surface area contributed by atoms with E-state index in [1.165, 1.54) is 14.1 Å². The van der Waals surface area contributed by atoms with Crippen LogP contribution in [0.15, 0.2) is 23.1 Å². The molecule has 3 aromatic rings. The van der Waals surface area contributed by atoms with Crippen LogP contribution in [0.3, 0.4) is 0 Å². The van der Waals surface area contributed by atoms with Crippen molar-refractivity contribution in [2.24, 2.45) is 7.05 Å². The number of rotatable bonds is 6. The molecule has 13 heteroatoms. The standard InChI is InChI=1S/C25H35FN10O2/c1-14-17(21(37)27-6)9-15(10-19(14)36-23(38)34(7)32-33-36)30-22-28-13-18(26)20(31-22)29-16-11-24(2,3)35(8)25(4,5)12-16/h9-10,13,16H,11-12H2,1-8H3,(H,27,37)(H2,28,29,30,31). The van der Waals surface area contributed by atoms with E-state index in [1.807, 2.05) is 0 Å². The molecule has 4 rings (SSSR count). The van der Waals surface area contributed by atoms with E-state index in [2.05, 4.69) is 76.0 Å². The normalized spacial score (nSPS) is 17.3. The molecule has 1 saturated heterocycles. The van der Waals surface area contributed by atoms with Gasteiger partial charge >= 0.3 is 5.69 Å². The maximum Gasteiger partial charge on any atom is 0.368 e. The van der Waals surface area contributed by atoms with Gasteiger partial charge in [0.1, 0.15) is 0 Å². The number of hydrogen-bond donors (Lipinski definition) is 3. The zero-order valence-corrected chi connectivity index (χ0v) is 23.0. The molecular weight excluding hydrogens is 491 g/mol. The van der Waals surface area contributed by atoms with Crippen LogP contribution in [0.1, 0.15) is 56.5 Å². The van der Waals surface area contributed by atoms with Crippen molar-refractivity contribution >= 4 is 23.4 Å². The van der Waals surface area contributed by atoms with Crippen molar-refractivity contribution in [3.63, 3.8) is 0 Å². The van der Waals surface area contributed by atoms with Gasteiger partial charge in [-0.25, -0.2) is 14.2 Å². The molecule has 1 fully saturated rings. The zero-order chi connectivity index (χ0) is 28.0. The Morgan fingerprint density at radius 1 is 1.11 bits per heavy atom. The van der Waals surface area contributed by atoms with E-state index in [0.29, 0.717) is 22.5 Å². The summed E-state index contributed by atoms with van der Waals surface area (Å²) in [5, 5.41) is 16.6. The molecule has 2 aromatic heterocycles. The van der Waals surface area contributed by atoms with Gasteiger partial charge in [0.2, 0.25) is 5.95 Å². The van der Waals surface area contributed by atoms with Gasteiger partial charge in [-0.3, -0.25) is 9.69 Å². The number of nitrogens with one attached hydrogen (secondary N) is 3. The highest BCUT2D eigenvalue weighted by Gasteiger charge is 2.43. The average molecular weight is 527 g/mol. The largest absolute Gasteiger partial charge is 0.368 e. The Morgan fingerprint density at radius 3 is 2.34 bits per heavy atom. The Hall–Kier alpha value is -3.87. The summed E-state index contributed by atoms with van der Waals surface area (Å²) >= 11 is 0. The van der Waals surface area contributed by atoms with Crippen molar-refractivity contribution in [1.82, 2.24) is 40.0 Å². The molecular formula is C25H35FN10O2. The zero-order valence-electron chi connectivity index (χ0n) is 23.0. The molecule has 0 spiro atoms. The highest BCUT2D eigenvalue weighted by atomic mass is 19.1. The molecule has 1 aromatic carbocycles. The number of aryl methyl sites for hydroxylation is 1. The SMILES string of the molecule is CNC(=O)c1cc(Nc2ncc(F)c(NC3CC(C)(C)N(C)C(C)(C)C3)n2)cc(-n2nnn(C)c2=O)c1C. The number of aromatic nitrogens is 6. The minimum absolute atomic E-state index is 0.00260. The molecule has 0 radical (unpaired) electrons. The Bertz CT molecular complexity index is 1410. The number of carbonyl (C=O) groups is 1. The van der Waals surface area contributed by atoms with Gasteiger partial charge in [0.05, 0.1) is 11.9 Å². The highest BCUT2D eigenvalue weighted by molar-refractivity contribution is 5.97. The topological polar surface area (TPSA) is 135 Å². The third kappa shape index (κ3) is 5.10. The van der Waals surface area contributed by atoms with E-state index in [4.69, 9.17) is 0 Å². The molecule has 3 heterocycles. The maximum absolute atomic E-state index is 14.8. The quantitative estimate of drug-likeness (QED) is 0.442. The second-order valence-electron chi connectivity index (χ2n) is 11.0. The maximum atomic E-state index is 14.8. The van der Waals surface area contributed by atoms with Crippen LogP contribution in [0.2, 0.25) is 0 Å². The van der Waals surface area contributed by atoms with Crippen LogP contribution in [0.4, 0.5) is 21.8 Å². The second kappa shape index (κ2) is 9.78. The number of likely N-dealkylation sites (tertiary alicyclic amines) is 1. The molecule has 1 aliphatic heterocycles. The fraction of sp³-hybridized carbons (Fsp3) is 0.520. The van der Waals surface area contributed by atoms with Crippen LogP contribution in [-0.2, 0) is 7.05 Å². The van der Waals surface area contributed by atoms with Crippen LogP contribution in [0, 0.1) is 12.7 Å². The summed E-state index contributed by atoms with van der Waals surface area (Å²) in [5.41, 5.74) is 0.993. The number of amides is 1. The van der Waals surface area contributed by atoms with E-state index in [-0.39, 0.29) is 34.8 Å². The van der Waals surface area contributed by atoms with Gasteiger partial charge < -0.3 is 16.0 Å². The lowest BCUT2D eigenvalue weighted by atomic mass is 9.77.